The Morgan fingerprint density at radius 2 is 2.25 bits per heavy atom. The highest BCUT2D eigenvalue weighted by molar-refractivity contribution is 4.95. The van der Waals surface area contributed by atoms with Gasteiger partial charge in [0.15, 0.2) is 0 Å². The van der Waals surface area contributed by atoms with Crippen LogP contribution in [-0.2, 0) is 0 Å². The van der Waals surface area contributed by atoms with Crippen LogP contribution in [0.25, 0.3) is 0 Å². The van der Waals surface area contributed by atoms with Crippen molar-refractivity contribution in [1.29, 1.82) is 0 Å². The lowest BCUT2D eigenvalue weighted by molar-refractivity contribution is 0.134. The minimum absolute atomic E-state index is 0.0336. The van der Waals surface area contributed by atoms with Gasteiger partial charge in [0.2, 0.25) is 0 Å². The van der Waals surface area contributed by atoms with Crippen LogP contribution in [-0.4, -0.2) is 23.8 Å². The molecule has 2 nitrogen and oxygen atoms in total. The first kappa shape index (κ1) is 4.77. The minimum atomic E-state index is -0.0336. The fourth-order valence-electron chi connectivity index (χ4n) is 1.82. The van der Waals surface area contributed by atoms with Gasteiger partial charge in [-0.3, -0.25) is 0 Å². The summed E-state index contributed by atoms with van der Waals surface area (Å²) < 4.78 is 0. The molecule has 0 radical (unpaired) electrons. The van der Waals surface area contributed by atoms with Crippen LogP contribution in [0.4, 0.5) is 0 Å². The summed E-state index contributed by atoms with van der Waals surface area (Å²) in [5.41, 5.74) is 0. The Bertz CT molecular complexity index is 103. The number of hydrogen-bond donors (Lipinski definition) is 2. The summed E-state index contributed by atoms with van der Waals surface area (Å²) in [5.74, 6) is 0.787. The summed E-state index contributed by atoms with van der Waals surface area (Å²) in [6.07, 6.45) is 2.22. The van der Waals surface area contributed by atoms with Crippen molar-refractivity contribution in [1.82, 2.24) is 5.32 Å². The van der Waals surface area contributed by atoms with Crippen molar-refractivity contribution in [3.8, 4) is 0 Å². The molecule has 2 bridgehead atoms. The highest BCUT2D eigenvalue weighted by Crippen LogP contribution is 2.30. The lowest BCUT2D eigenvalue weighted by atomic mass is 10.1. The van der Waals surface area contributed by atoms with E-state index >= 15 is 0 Å². The van der Waals surface area contributed by atoms with E-state index in [-0.39, 0.29) is 6.10 Å². The van der Waals surface area contributed by atoms with E-state index in [0.717, 1.165) is 18.9 Å². The Balaban J connectivity index is 2.11. The maximum atomic E-state index is 9.16. The van der Waals surface area contributed by atoms with E-state index in [4.69, 9.17) is 5.11 Å². The molecule has 2 unspecified atom stereocenters. The van der Waals surface area contributed by atoms with E-state index in [1.54, 1.807) is 0 Å². The second-order valence-electron chi connectivity index (χ2n) is 2.92. The Kier molecular flexibility index (Phi) is 0.866. The first-order valence-corrected chi connectivity index (χ1v) is 3.28. The zero-order valence-electron chi connectivity index (χ0n) is 4.80. The van der Waals surface area contributed by atoms with Crippen molar-refractivity contribution in [3.63, 3.8) is 0 Å². The summed E-state index contributed by atoms with van der Waals surface area (Å²) in [5, 5.41) is 12.4. The van der Waals surface area contributed by atoms with Crippen molar-refractivity contribution in [2.45, 2.75) is 25.0 Å². The van der Waals surface area contributed by atoms with Gasteiger partial charge in [0, 0.05) is 6.04 Å². The van der Waals surface area contributed by atoms with E-state index in [1.165, 1.54) is 6.42 Å². The van der Waals surface area contributed by atoms with E-state index in [0.29, 0.717) is 6.04 Å². The molecule has 2 rings (SSSR count). The predicted molar refractivity (Wildman–Crippen MR) is 30.5 cm³/mol. The first-order valence-electron chi connectivity index (χ1n) is 3.28. The van der Waals surface area contributed by atoms with Crippen molar-refractivity contribution in [2.75, 3.05) is 6.54 Å². The summed E-state index contributed by atoms with van der Waals surface area (Å²) >= 11 is 0. The van der Waals surface area contributed by atoms with Crippen molar-refractivity contribution in [2.24, 2.45) is 5.92 Å². The van der Waals surface area contributed by atoms with Crippen molar-refractivity contribution in [3.05, 3.63) is 0 Å². The van der Waals surface area contributed by atoms with Gasteiger partial charge in [0.1, 0.15) is 0 Å². The third-order valence-corrected chi connectivity index (χ3v) is 2.30. The summed E-state index contributed by atoms with van der Waals surface area (Å²) in [6.45, 7) is 1.14. The number of nitrogens with one attached hydrogen (secondary N) is 1. The fraction of sp³-hybridized carbons (Fsp3) is 1.00. The molecule has 0 aromatic carbocycles. The second-order valence-corrected chi connectivity index (χ2v) is 2.92. The van der Waals surface area contributed by atoms with Crippen LogP contribution in [0.3, 0.4) is 0 Å². The Hall–Kier alpha value is -0.0800. The van der Waals surface area contributed by atoms with Gasteiger partial charge in [-0.25, -0.2) is 0 Å². The maximum absolute atomic E-state index is 9.16. The minimum Gasteiger partial charge on any atom is -0.391 e. The van der Waals surface area contributed by atoms with E-state index in [9.17, 15) is 0 Å². The van der Waals surface area contributed by atoms with E-state index < -0.39 is 0 Å². The standard InChI is InChI=1S/C6H11NO/c8-6-2-4-1-5(6)7-3-4/h4-8H,1-3H2/t4?,5?,6-/m1/s1. The normalized spacial score (nSPS) is 52.9. The lowest BCUT2D eigenvalue weighted by Gasteiger charge is -2.16. The van der Waals surface area contributed by atoms with Gasteiger partial charge in [-0.1, -0.05) is 0 Å². The molecule has 0 aromatic rings. The fourth-order valence-corrected chi connectivity index (χ4v) is 1.82. The van der Waals surface area contributed by atoms with Gasteiger partial charge in [0.05, 0.1) is 6.10 Å². The highest BCUT2D eigenvalue weighted by Gasteiger charge is 2.37. The van der Waals surface area contributed by atoms with Crippen LogP contribution in [0.1, 0.15) is 12.8 Å². The Labute approximate surface area is 48.9 Å². The summed E-state index contributed by atoms with van der Waals surface area (Å²) in [6, 6.07) is 0.444. The average Bonchev–Trinajstić information content (AvgIpc) is 2.23. The summed E-state index contributed by atoms with van der Waals surface area (Å²) in [4.78, 5) is 0. The van der Waals surface area contributed by atoms with Gasteiger partial charge in [-0.05, 0) is 25.3 Å². The van der Waals surface area contributed by atoms with Crippen LogP contribution in [0.15, 0.2) is 0 Å². The molecule has 1 aliphatic heterocycles. The molecular weight excluding hydrogens is 102 g/mol. The molecule has 0 aromatic heterocycles. The third kappa shape index (κ3) is 0.501. The molecule has 1 heterocycles. The van der Waals surface area contributed by atoms with Gasteiger partial charge >= 0.3 is 0 Å². The predicted octanol–water partition coefficient (Wildman–Crippen LogP) is -0.271. The van der Waals surface area contributed by atoms with Crippen LogP contribution < -0.4 is 5.32 Å². The molecule has 2 aliphatic rings. The molecule has 2 N–H and O–H groups in total. The molecule has 1 saturated carbocycles. The number of hydrogen-bond acceptors (Lipinski definition) is 2. The third-order valence-electron chi connectivity index (χ3n) is 2.30. The zero-order chi connectivity index (χ0) is 5.56. The Morgan fingerprint density at radius 3 is 2.50 bits per heavy atom. The number of piperidine rings is 1. The molecule has 46 valence electrons. The largest absolute Gasteiger partial charge is 0.391 e. The van der Waals surface area contributed by atoms with Crippen LogP contribution >= 0.6 is 0 Å². The molecule has 1 saturated heterocycles. The molecule has 2 fully saturated rings. The lowest BCUT2D eigenvalue weighted by Crippen LogP contribution is -2.36. The average molecular weight is 113 g/mol. The van der Waals surface area contributed by atoms with Crippen LogP contribution in [0.2, 0.25) is 0 Å². The molecule has 2 heteroatoms. The van der Waals surface area contributed by atoms with Gasteiger partial charge < -0.3 is 10.4 Å². The second kappa shape index (κ2) is 1.45. The van der Waals surface area contributed by atoms with Crippen molar-refractivity contribution < 1.29 is 5.11 Å². The maximum Gasteiger partial charge on any atom is 0.0696 e. The topological polar surface area (TPSA) is 32.3 Å². The SMILES string of the molecule is O[C@@H]1CC2CNC1C2. The van der Waals surface area contributed by atoms with Gasteiger partial charge in [0.25, 0.3) is 0 Å². The van der Waals surface area contributed by atoms with E-state index in [1.807, 2.05) is 0 Å². The molecule has 0 amide bonds. The van der Waals surface area contributed by atoms with Crippen molar-refractivity contribution >= 4 is 0 Å². The Morgan fingerprint density at radius 1 is 1.38 bits per heavy atom. The quantitative estimate of drug-likeness (QED) is 0.453. The zero-order valence-corrected chi connectivity index (χ0v) is 4.80. The highest BCUT2D eigenvalue weighted by atomic mass is 16.3. The van der Waals surface area contributed by atoms with Gasteiger partial charge in [-0.2, -0.15) is 0 Å². The first-order chi connectivity index (χ1) is 3.86. The molecule has 3 atom stereocenters. The molecule has 0 spiro atoms. The smallest absolute Gasteiger partial charge is 0.0696 e. The number of fused-ring (bicyclic) bond motifs is 2. The number of aliphatic hydroxyl groups excluding tert-OH is 1. The van der Waals surface area contributed by atoms with Crippen LogP contribution in [0, 0.1) is 5.92 Å². The number of rotatable bonds is 0. The van der Waals surface area contributed by atoms with Gasteiger partial charge in [-0.15, -0.1) is 0 Å². The number of aliphatic hydroxyl groups is 1. The molecular formula is C6H11NO. The van der Waals surface area contributed by atoms with E-state index in [2.05, 4.69) is 5.32 Å². The molecule has 8 heavy (non-hydrogen) atoms. The summed E-state index contributed by atoms with van der Waals surface area (Å²) in [7, 11) is 0. The molecule has 1 aliphatic carbocycles. The monoisotopic (exact) mass is 113 g/mol. The van der Waals surface area contributed by atoms with Crippen LogP contribution in [0.5, 0.6) is 0 Å².